The lowest BCUT2D eigenvalue weighted by molar-refractivity contribution is -0.120. The summed E-state index contributed by atoms with van der Waals surface area (Å²) in [6, 6.07) is 9.14. The minimum absolute atomic E-state index is 0.0203. The zero-order valence-corrected chi connectivity index (χ0v) is 17.8. The third-order valence-electron chi connectivity index (χ3n) is 5.53. The number of aromatic amines is 1. The SMILES string of the molecule is CCc1cc(=O)[nH]c(-c2ccc(N3CCC(C(=O)Nc4cc(C)ccn4)CC3)nc2)n1. The maximum Gasteiger partial charge on any atom is 0.251 e. The van der Waals surface area contributed by atoms with Gasteiger partial charge in [0, 0.05) is 48.7 Å². The lowest BCUT2D eigenvalue weighted by Crippen LogP contribution is -2.38. The van der Waals surface area contributed by atoms with Gasteiger partial charge in [0.15, 0.2) is 0 Å². The Labute approximate surface area is 180 Å². The molecular weight excluding hydrogens is 392 g/mol. The quantitative estimate of drug-likeness (QED) is 0.660. The van der Waals surface area contributed by atoms with Crippen molar-refractivity contribution in [2.45, 2.75) is 33.1 Å². The third kappa shape index (κ3) is 4.96. The van der Waals surface area contributed by atoms with Crippen LogP contribution in [0, 0.1) is 12.8 Å². The molecule has 8 nitrogen and oxygen atoms in total. The monoisotopic (exact) mass is 418 g/mol. The van der Waals surface area contributed by atoms with Crippen LogP contribution in [0.5, 0.6) is 0 Å². The average Bonchev–Trinajstić information content (AvgIpc) is 2.79. The van der Waals surface area contributed by atoms with Crippen molar-refractivity contribution in [3.05, 3.63) is 64.3 Å². The van der Waals surface area contributed by atoms with Gasteiger partial charge in [-0.05, 0) is 56.0 Å². The highest BCUT2D eigenvalue weighted by Crippen LogP contribution is 2.24. The van der Waals surface area contributed by atoms with Crippen LogP contribution in [0.2, 0.25) is 0 Å². The molecule has 3 aromatic rings. The summed E-state index contributed by atoms with van der Waals surface area (Å²) in [4.78, 5) is 42.6. The second kappa shape index (κ2) is 9.07. The first-order valence-electron chi connectivity index (χ1n) is 10.6. The Balaban J connectivity index is 1.37. The largest absolute Gasteiger partial charge is 0.357 e. The molecule has 0 spiro atoms. The minimum atomic E-state index is -0.160. The van der Waals surface area contributed by atoms with Gasteiger partial charge in [0.1, 0.15) is 17.5 Å². The molecule has 0 radical (unpaired) electrons. The maximum atomic E-state index is 12.6. The fraction of sp³-hybridized carbons (Fsp3) is 0.348. The fourth-order valence-corrected chi connectivity index (χ4v) is 3.74. The Morgan fingerprint density at radius 3 is 2.68 bits per heavy atom. The Bertz CT molecular complexity index is 1120. The molecule has 0 unspecified atom stereocenters. The lowest BCUT2D eigenvalue weighted by atomic mass is 9.96. The van der Waals surface area contributed by atoms with Gasteiger partial charge in [-0.2, -0.15) is 0 Å². The molecule has 160 valence electrons. The predicted molar refractivity (Wildman–Crippen MR) is 120 cm³/mol. The molecular formula is C23H26N6O2. The van der Waals surface area contributed by atoms with Crippen molar-refractivity contribution in [1.29, 1.82) is 0 Å². The predicted octanol–water partition coefficient (Wildman–Crippen LogP) is 2.95. The lowest BCUT2D eigenvalue weighted by Gasteiger charge is -2.32. The molecule has 1 aliphatic heterocycles. The smallest absolute Gasteiger partial charge is 0.251 e. The first-order valence-corrected chi connectivity index (χ1v) is 10.6. The second-order valence-corrected chi connectivity index (χ2v) is 7.81. The highest BCUT2D eigenvalue weighted by Gasteiger charge is 2.26. The molecule has 1 aliphatic rings. The van der Waals surface area contributed by atoms with Crippen LogP contribution >= 0.6 is 0 Å². The first kappa shape index (κ1) is 20.7. The topological polar surface area (TPSA) is 104 Å². The Kier molecular flexibility index (Phi) is 6.06. The number of hydrogen-bond acceptors (Lipinski definition) is 6. The summed E-state index contributed by atoms with van der Waals surface area (Å²) in [7, 11) is 0. The molecule has 2 N–H and O–H groups in total. The van der Waals surface area contributed by atoms with Gasteiger partial charge in [-0.15, -0.1) is 0 Å². The van der Waals surface area contributed by atoms with Gasteiger partial charge in [0.25, 0.3) is 5.56 Å². The van der Waals surface area contributed by atoms with Crippen LogP contribution < -0.4 is 15.8 Å². The summed E-state index contributed by atoms with van der Waals surface area (Å²) < 4.78 is 0. The number of H-pyrrole nitrogens is 1. The number of aromatic nitrogens is 4. The number of carbonyl (C=O) groups is 1. The molecule has 1 amide bonds. The molecule has 0 aromatic carbocycles. The number of piperidine rings is 1. The van der Waals surface area contributed by atoms with Gasteiger partial charge < -0.3 is 15.2 Å². The van der Waals surface area contributed by atoms with Crippen LogP contribution in [0.25, 0.3) is 11.4 Å². The molecule has 1 saturated heterocycles. The van der Waals surface area contributed by atoms with Crippen LogP contribution in [0.15, 0.2) is 47.5 Å². The van der Waals surface area contributed by atoms with E-state index in [0.717, 1.165) is 48.6 Å². The molecule has 0 saturated carbocycles. The van der Waals surface area contributed by atoms with Gasteiger partial charge in [-0.3, -0.25) is 9.59 Å². The molecule has 3 aromatic heterocycles. The van der Waals surface area contributed by atoms with E-state index >= 15 is 0 Å². The fourth-order valence-electron chi connectivity index (χ4n) is 3.74. The molecule has 0 aliphatic carbocycles. The number of nitrogens with one attached hydrogen (secondary N) is 2. The van der Waals surface area contributed by atoms with E-state index in [1.807, 2.05) is 38.1 Å². The Morgan fingerprint density at radius 2 is 2.00 bits per heavy atom. The number of aryl methyl sites for hydroxylation is 2. The van der Waals surface area contributed by atoms with Gasteiger partial charge in [0.05, 0.1) is 0 Å². The number of anilines is 2. The molecule has 8 heteroatoms. The van der Waals surface area contributed by atoms with E-state index in [2.05, 4.69) is 30.2 Å². The number of pyridine rings is 2. The molecule has 4 rings (SSSR count). The minimum Gasteiger partial charge on any atom is -0.357 e. The Hall–Kier alpha value is -3.55. The van der Waals surface area contributed by atoms with Crippen molar-refractivity contribution in [3.63, 3.8) is 0 Å². The van der Waals surface area contributed by atoms with E-state index in [1.165, 1.54) is 6.07 Å². The summed E-state index contributed by atoms with van der Waals surface area (Å²) in [5, 5.41) is 2.93. The van der Waals surface area contributed by atoms with Crippen molar-refractivity contribution >= 4 is 17.5 Å². The van der Waals surface area contributed by atoms with Gasteiger partial charge in [0.2, 0.25) is 5.91 Å². The second-order valence-electron chi connectivity index (χ2n) is 7.81. The number of rotatable bonds is 5. The van der Waals surface area contributed by atoms with Gasteiger partial charge >= 0.3 is 0 Å². The summed E-state index contributed by atoms with van der Waals surface area (Å²) in [5.41, 5.74) is 2.43. The van der Waals surface area contributed by atoms with E-state index in [4.69, 9.17) is 0 Å². The van der Waals surface area contributed by atoms with Crippen molar-refractivity contribution in [1.82, 2.24) is 19.9 Å². The zero-order valence-electron chi connectivity index (χ0n) is 17.8. The van der Waals surface area contributed by atoms with E-state index < -0.39 is 0 Å². The molecule has 4 heterocycles. The summed E-state index contributed by atoms with van der Waals surface area (Å²) in [6.07, 6.45) is 5.65. The van der Waals surface area contributed by atoms with Crippen molar-refractivity contribution in [2.75, 3.05) is 23.3 Å². The highest BCUT2D eigenvalue weighted by atomic mass is 16.2. The normalized spacial score (nSPS) is 14.5. The number of hydrogen-bond donors (Lipinski definition) is 2. The summed E-state index contributed by atoms with van der Waals surface area (Å²) >= 11 is 0. The third-order valence-corrected chi connectivity index (χ3v) is 5.53. The molecule has 0 bridgehead atoms. The Morgan fingerprint density at radius 1 is 1.19 bits per heavy atom. The summed E-state index contributed by atoms with van der Waals surface area (Å²) in [5.74, 6) is 1.97. The van der Waals surface area contributed by atoms with Crippen molar-refractivity contribution < 1.29 is 4.79 Å². The van der Waals surface area contributed by atoms with Crippen LogP contribution in [-0.4, -0.2) is 38.9 Å². The van der Waals surface area contributed by atoms with Crippen LogP contribution in [0.4, 0.5) is 11.6 Å². The summed E-state index contributed by atoms with van der Waals surface area (Å²) in [6.45, 7) is 5.45. The van der Waals surface area contributed by atoms with E-state index in [9.17, 15) is 9.59 Å². The molecule has 31 heavy (non-hydrogen) atoms. The highest BCUT2D eigenvalue weighted by molar-refractivity contribution is 5.91. The number of nitrogens with zero attached hydrogens (tertiary/aromatic N) is 4. The van der Waals surface area contributed by atoms with Crippen LogP contribution in [0.1, 0.15) is 31.0 Å². The van der Waals surface area contributed by atoms with E-state index in [-0.39, 0.29) is 17.4 Å². The van der Waals surface area contributed by atoms with Gasteiger partial charge in [-0.1, -0.05) is 6.92 Å². The number of carbonyl (C=O) groups excluding carboxylic acids is 1. The van der Waals surface area contributed by atoms with Crippen LogP contribution in [-0.2, 0) is 11.2 Å². The van der Waals surface area contributed by atoms with E-state index in [0.29, 0.717) is 18.1 Å². The van der Waals surface area contributed by atoms with Crippen LogP contribution in [0.3, 0.4) is 0 Å². The van der Waals surface area contributed by atoms with Gasteiger partial charge in [-0.25, -0.2) is 15.0 Å². The van der Waals surface area contributed by atoms with Crippen molar-refractivity contribution in [2.24, 2.45) is 5.92 Å². The average molecular weight is 419 g/mol. The zero-order chi connectivity index (χ0) is 21.8. The number of amides is 1. The standard InChI is InChI=1S/C23H26N6O2/c1-3-18-13-21(30)28-22(26-18)17-4-5-20(25-14-17)29-10-7-16(8-11-29)23(31)27-19-12-15(2)6-9-24-19/h4-6,9,12-14,16H,3,7-8,10-11H2,1-2H3,(H,24,27,31)(H,26,28,30). The van der Waals surface area contributed by atoms with E-state index in [1.54, 1.807) is 12.4 Å². The molecule has 1 fully saturated rings. The first-order chi connectivity index (χ1) is 15.0. The maximum absolute atomic E-state index is 12.6. The van der Waals surface area contributed by atoms with Crippen molar-refractivity contribution in [3.8, 4) is 11.4 Å². The molecule has 0 atom stereocenters.